The van der Waals surface area contributed by atoms with E-state index in [0.717, 1.165) is 23.0 Å². The van der Waals surface area contributed by atoms with Gasteiger partial charge >= 0.3 is 0 Å². The van der Waals surface area contributed by atoms with Crippen molar-refractivity contribution in [2.24, 2.45) is 0 Å². The highest BCUT2D eigenvalue weighted by atomic mass is 16.5. The lowest BCUT2D eigenvalue weighted by Gasteiger charge is -2.31. The van der Waals surface area contributed by atoms with Crippen LogP contribution in [0.4, 0.5) is 0 Å². The van der Waals surface area contributed by atoms with Gasteiger partial charge in [0.1, 0.15) is 23.7 Å². The quantitative estimate of drug-likeness (QED) is 0.752. The van der Waals surface area contributed by atoms with E-state index >= 15 is 0 Å². The first-order valence-corrected chi connectivity index (χ1v) is 9.58. The van der Waals surface area contributed by atoms with Gasteiger partial charge in [-0.05, 0) is 50.1 Å². The zero-order valence-corrected chi connectivity index (χ0v) is 15.9. The number of para-hydroxylation sites is 1. The Labute approximate surface area is 162 Å². The largest absolute Gasteiger partial charge is 0.491 e. The average molecular weight is 375 g/mol. The summed E-state index contributed by atoms with van der Waals surface area (Å²) in [6, 6.07) is 13.3. The van der Waals surface area contributed by atoms with Gasteiger partial charge in [-0.25, -0.2) is 0 Å². The number of nitrogens with one attached hydrogen (secondary N) is 1. The predicted molar refractivity (Wildman–Crippen MR) is 105 cm³/mol. The van der Waals surface area contributed by atoms with Crippen LogP contribution in [0.1, 0.15) is 53.9 Å². The standard InChI is InChI=1S/C23H21NO4/c1-23(2)17-11-14(27-12-13-7-10-19(25)24-13)8-9-15(17)21(26)20-16-5-3-4-6-18(16)28-22(20)23/h3-6,8-9,11,13H,7,10,12H2,1-2H3,(H,24,25)/t13-/m0/s1. The van der Waals surface area contributed by atoms with Gasteiger partial charge in [-0.15, -0.1) is 0 Å². The molecule has 1 aromatic heterocycles. The lowest BCUT2D eigenvalue weighted by molar-refractivity contribution is -0.119. The Balaban J connectivity index is 1.52. The lowest BCUT2D eigenvalue weighted by atomic mass is 9.72. The summed E-state index contributed by atoms with van der Waals surface area (Å²) in [5.74, 6) is 1.46. The molecule has 0 unspecified atom stereocenters. The van der Waals surface area contributed by atoms with Crippen molar-refractivity contribution in [2.45, 2.75) is 38.1 Å². The van der Waals surface area contributed by atoms with Crippen LogP contribution in [0.15, 0.2) is 46.9 Å². The smallest absolute Gasteiger partial charge is 0.220 e. The number of ketones is 1. The molecule has 0 spiro atoms. The minimum Gasteiger partial charge on any atom is -0.491 e. The normalized spacial score (nSPS) is 20.0. The fraction of sp³-hybridized carbons (Fsp3) is 0.304. The van der Waals surface area contributed by atoms with Crippen LogP contribution < -0.4 is 10.1 Å². The first-order chi connectivity index (χ1) is 13.4. The van der Waals surface area contributed by atoms with Gasteiger partial charge in [0.05, 0.1) is 11.6 Å². The van der Waals surface area contributed by atoms with Gasteiger partial charge in [0, 0.05) is 22.8 Å². The molecule has 0 bridgehead atoms. The van der Waals surface area contributed by atoms with Crippen LogP contribution in [-0.4, -0.2) is 24.3 Å². The molecule has 2 heterocycles. The van der Waals surface area contributed by atoms with Gasteiger partial charge in [0.2, 0.25) is 5.91 Å². The Morgan fingerprint density at radius 3 is 2.79 bits per heavy atom. The van der Waals surface area contributed by atoms with Crippen molar-refractivity contribution in [3.05, 3.63) is 64.9 Å². The topological polar surface area (TPSA) is 68.5 Å². The molecule has 0 saturated carbocycles. The molecule has 2 aromatic carbocycles. The molecular formula is C23H21NO4. The number of hydrogen-bond acceptors (Lipinski definition) is 4. The molecule has 28 heavy (non-hydrogen) atoms. The molecule has 1 fully saturated rings. The lowest BCUT2D eigenvalue weighted by Crippen LogP contribution is -2.31. The Hall–Kier alpha value is -3.08. The van der Waals surface area contributed by atoms with Gasteiger partial charge in [-0.2, -0.15) is 0 Å². The van der Waals surface area contributed by atoms with E-state index in [1.165, 1.54) is 0 Å². The number of carbonyl (C=O) groups is 2. The van der Waals surface area contributed by atoms with Crippen molar-refractivity contribution >= 4 is 22.7 Å². The fourth-order valence-corrected chi connectivity index (χ4v) is 4.30. The molecule has 5 nitrogen and oxygen atoms in total. The fourth-order valence-electron chi connectivity index (χ4n) is 4.30. The SMILES string of the molecule is CC1(C)c2cc(OC[C@@H]3CCC(=O)N3)ccc2C(=O)c2c1oc1ccccc21. The van der Waals surface area contributed by atoms with Crippen molar-refractivity contribution < 1.29 is 18.7 Å². The Morgan fingerprint density at radius 1 is 1.18 bits per heavy atom. The van der Waals surface area contributed by atoms with Crippen LogP contribution in [-0.2, 0) is 10.2 Å². The zero-order valence-electron chi connectivity index (χ0n) is 15.9. The van der Waals surface area contributed by atoms with E-state index in [1.54, 1.807) is 0 Å². The summed E-state index contributed by atoms with van der Waals surface area (Å²) in [5, 5.41) is 3.76. The highest BCUT2D eigenvalue weighted by molar-refractivity contribution is 6.19. The number of rotatable bonds is 3. The third-order valence-corrected chi connectivity index (χ3v) is 5.84. The van der Waals surface area contributed by atoms with Gasteiger partial charge < -0.3 is 14.5 Å². The van der Waals surface area contributed by atoms with Crippen LogP contribution in [0, 0.1) is 0 Å². The van der Waals surface area contributed by atoms with E-state index in [2.05, 4.69) is 19.2 Å². The van der Waals surface area contributed by atoms with Crippen LogP contribution in [0.3, 0.4) is 0 Å². The van der Waals surface area contributed by atoms with Crippen molar-refractivity contribution in [2.75, 3.05) is 6.61 Å². The van der Waals surface area contributed by atoms with E-state index in [4.69, 9.17) is 9.15 Å². The van der Waals surface area contributed by atoms with E-state index in [0.29, 0.717) is 35.7 Å². The third-order valence-electron chi connectivity index (χ3n) is 5.84. The molecule has 142 valence electrons. The van der Waals surface area contributed by atoms with Crippen molar-refractivity contribution in [1.82, 2.24) is 5.32 Å². The third kappa shape index (κ3) is 2.46. The van der Waals surface area contributed by atoms with Crippen LogP contribution in [0.2, 0.25) is 0 Å². The minimum atomic E-state index is -0.460. The van der Waals surface area contributed by atoms with Crippen LogP contribution in [0.5, 0.6) is 5.75 Å². The van der Waals surface area contributed by atoms with Crippen molar-refractivity contribution in [3.8, 4) is 5.75 Å². The molecule has 1 saturated heterocycles. The molecular weight excluding hydrogens is 354 g/mol. The summed E-state index contributed by atoms with van der Waals surface area (Å²) in [7, 11) is 0. The molecule has 1 amide bonds. The summed E-state index contributed by atoms with van der Waals surface area (Å²) >= 11 is 0. The van der Waals surface area contributed by atoms with Gasteiger partial charge in [0.15, 0.2) is 5.78 Å². The van der Waals surface area contributed by atoms with E-state index < -0.39 is 5.41 Å². The molecule has 1 aliphatic carbocycles. The molecule has 3 aromatic rings. The Bertz CT molecular complexity index is 1120. The van der Waals surface area contributed by atoms with E-state index in [9.17, 15) is 9.59 Å². The monoisotopic (exact) mass is 375 g/mol. The second-order valence-electron chi connectivity index (χ2n) is 8.08. The summed E-state index contributed by atoms with van der Waals surface area (Å²) in [6.07, 6.45) is 1.34. The van der Waals surface area contributed by atoms with Crippen molar-refractivity contribution in [3.63, 3.8) is 0 Å². The van der Waals surface area contributed by atoms with Gasteiger partial charge in [-0.3, -0.25) is 9.59 Å². The second kappa shape index (κ2) is 5.96. The zero-order chi connectivity index (χ0) is 19.5. The summed E-state index contributed by atoms with van der Waals surface area (Å²) in [5.41, 5.74) is 2.52. The highest BCUT2D eigenvalue weighted by Crippen LogP contribution is 2.46. The molecule has 5 heteroatoms. The molecule has 1 aliphatic heterocycles. The first-order valence-electron chi connectivity index (χ1n) is 9.58. The number of amides is 1. The number of ether oxygens (including phenoxy) is 1. The molecule has 0 radical (unpaired) electrons. The van der Waals surface area contributed by atoms with Gasteiger partial charge in [0.25, 0.3) is 0 Å². The maximum Gasteiger partial charge on any atom is 0.220 e. The minimum absolute atomic E-state index is 0.0103. The second-order valence-corrected chi connectivity index (χ2v) is 8.08. The highest BCUT2D eigenvalue weighted by Gasteiger charge is 2.41. The van der Waals surface area contributed by atoms with Crippen LogP contribution >= 0.6 is 0 Å². The Morgan fingerprint density at radius 2 is 2.00 bits per heavy atom. The summed E-state index contributed by atoms with van der Waals surface area (Å²) in [4.78, 5) is 24.6. The summed E-state index contributed by atoms with van der Waals surface area (Å²) in [6.45, 7) is 4.57. The molecule has 2 aliphatic rings. The molecule has 1 atom stereocenters. The number of benzene rings is 2. The van der Waals surface area contributed by atoms with Crippen LogP contribution in [0.25, 0.3) is 11.0 Å². The van der Waals surface area contributed by atoms with Gasteiger partial charge in [-0.1, -0.05) is 18.2 Å². The summed E-state index contributed by atoms with van der Waals surface area (Å²) < 4.78 is 12.0. The number of fused-ring (bicyclic) bond motifs is 4. The first kappa shape index (κ1) is 17.0. The van der Waals surface area contributed by atoms with E-state index in [-0.39, 0.29) is 17.7 Å². The molecule has 1 N–H and O–H groups in total. The maximum atomic E-state index is 13.2. The average Bonchev–Trinajstić information content (AvgIpc) is 3.29. The maximum absolute atomic E-state index is 13.2. The number of furan rings is 1. The molecule has 5 rings (SSSR count). The van der Waals surface area contributed by atoms with Crippen molar-refractivity contribution in [1.29, 1.82) is 0 Å². The predicted octanol–water partition coefficient (Wildman–Crippen LogP) is 3.96. The van der Waals surface area contributed by atoms with E-state index in [1.807, 2.05) is 42.5 Å². The number of hydrogen-bond donors (Lipinski definition) is 1. The number of carbonyl (C=O) groups excluding carboxylic acids is 2. The Kier molecular flexibility index (Phi) is 3.63.